The van der Waals surface area contributed by atoms with Crippen molar-refractivity contribution in [1.82, 2.24) is 0 Å². The predicted molar refractivity (Wildman–Crippen MR) is 118 cm³/mol. The van der Waals surface area contributed by atoms with E-state index < -0.39 is 0 Å². The molecule has 4 aliphatic carbocycles. The van der Waals surface area contributed by atoms with Crippen LogP contribution in [0.4, 0.5) is 0 Å². The highest BCUT2D eigenvalue weighted by Crippen LogP contribution is 2.68. The molecule has 0 spiro atoms. The van der Waals surface area contributed by atoms with Gasteiger partial charge in [0.15, 0.2) is 0 Å². The smallest absolute Gasteiger partial charge is 0.0264 e. The first-order chi connectivity index (χ1) is 12.9. The van der Waals surface area contributed by atoms with Crippen LogP contribution in [-0.4, -0.2) is 0 Å². The molecule has 4 rings (SSSR count). The Morgan fingerprint density at radius 2 is 1.67 bits per heavy atom. The zero-order valence-corrected chi connectivity index (χ0v) is 19.0. The SMILES string of the molecule is CC(C)=CCCC(C)C1CCC2C3CCC4CCCCC4(C)C3CCC12C. The number of rotatable bonds is 4. The Balaban J connectivity index is 1.49. The maximum atomic E-state index is 2.73. The molecule has 8 unspecified atom stereocenters. The Bertz CT molecular complexity index is 554. The van der Waals surface area contributed by atoms with Crippen molar-refractivity contribution in [2.75, 3.05) is 0 Å². The molecular weight excluding hydrogens is 324 g/mol. The third-order valence-corrected chi connectivity index (χ3v) is 10.5. The summed E-state index contributed by atoms with van der Waals surface area (Å²) in [6.07, 6.45) is 20.6. The highest BCUT2D eigenvalue weighted by molar-refractivity contribution is 5.09. The van der Waals surface area contributed by atoms with Crippen molar-refractivity contribution in [2.24, 2.45) is 46.3 Å². The van der Waals surface area contributed by atoms with E-state index in [-0.39, 0.29) is 0 Å². The minimum Gasteiger partial charge on any atom is -0.0859 e. The quantitative estimate of drug-likeness (QED) is 0.436. The topological polar surface area (TPSA) is 0 Å². The second-order valence-corrected chi connectivity index (χ2v) is 12.0. The van der Waals surface area contributed by atoms with Crippen LogP contribution in [0.1, 0.15) is 112 Å². The summed E-state index contributed by atoms with van der Waals surface area (Å²) in [6.45, 7) is 12.5. The van der Waals surface area contributed by atoms with Crippen molar-refractivity contribution in [2.45, 2.75) is 112 Å². The summed E-state index contributed by atoms with van der Waals surface area (Å²) < 4.78 is 0. The van der Waals surface area contributed by atoms with Gasteiger partial charge in [0.05, 0.1) is 0 Å². The molecule has 8 atom stereocenters. The Kier molecular flexibility index (Phi) is 5.59. The van der Waals surface area contributed by atoms with E-state index in [0.29, 0.717) is 10.8 Å². The second kappa shape index (κ2) is 7.53. The third-order valence-electron chi connectivity index (χ3n) is 10.5. The van der Waals surface area contributed by atoms with Crippen LogP contribution in [0.5, 0.6) is 0 Å². The van der Waals surface area contributed by atoms with Gasteiger partial charge in [0.1, 0.15) is 0 Å². The molecule has 4 saturated carbocycles. The number of fused-ring (bicyclic) bond motifs is 5. The third kappa shape index (κ3) is 3.36. The Morgan fingerprint density at radius 3 is 2.44 bits per heavy atom. The first-order valence-electron chi connectivity index (χ1n) is 12.5. The van der Waals surface area contributed by atoms with Crippen LogP contribution in [0.3, 0.4) is 0 Å². The monoisotopic (exact) mass is 370 g/mol. The molecule has 4 aliphatic rings. The molecule has 0 saturated heterocycles. The fourth-order valence-electron chi connectivity index (χ4n) is 9.11. The van der Waals surface area contributed by atoms with Gasteiger partial charge in [-0.15, -0.1) is 0 Å². The van der Waals surface area contributed by atoms with Crippen molar-refractivity contribution >= 4 is 0 Å². The van der Waals surface area contributed by atoms with Crippen molar-refractivity contribution < 1.29 is 0 Å². The molecule has 0 heterocycles. The van der Waals surface area contributed by atoms with E-state index in [2.05, 4.69) is 40.7 Å². The molecule has 4 fully saturated rings. The van der Waals surface area contributed by atoms with Gasteiger partial charge in [-0.3, -0.25) is 0 Å². The lowest BCUT2D eigenvalue weighted by molar-refractivity contribution is -0.114. The lowest BCUT2D eigenvalue weighted by atomic mass is 9.44. The Hall–Kier alpha value is -0.260. The minimum atomic E-state index is 0.656. The highest BCUT2D eigenvalue weighted by atomic mass is 14.6. The van der Waals surface area contributed by atoms with Gasteiger partial charge in [-0.25, -0.2) is 0 Å². The van der Waals surface area contributed by atoms with Gasteiger partial charge < -0.3 is 0 Å². The van der Waals surface area contributed by atoms with Gasteiger partial charge in [0, 0.05) is 0 Å². The minimum absolute atomic E-state index is 0.656. The first-order valence-corrected chi connectivity index (χ1v) is 12.5. The van der Waals surface area contributed by atoms with Gasteiger partial charge >= 0.3 is 0 Å². The maximum Gasteiger partial charge on any atom is -0.0264 e. The number of hydrogen-bond donors (Lipinski definition) is 0. The highest BCUT2D eigenvalue weighted by Gasteiger charge is 2.59. The largest absolute Gasteiger partial charge is 0.0859 e. The van der Waals surface area contributed by atoms with Crippen LogP contribution in [0.25, 0.3) is 0 Å². The molecule has 0 bridgehead atoms. The Labute approximate surface area is 170 Å². The fourth-order valence-corrected chi connectivity index (χ4v) is 9.11. The molecule has 154 valence electrons. The number of allylic oxidation sites excluding steroid dienone is 2. The molecule has 0 aromatic carbocycles. The molecule has 0 radical (unpaired) electrons. The van der Waals surface area contributed by atoms with Gasteiger partial charge in [-0.1, -0.05) is 45.3 Å². The number of hydrogen-bond acceptors (Lipinski definition) is 0. The molecule has 0 aromatic heterocycles. The summed E-state index contributed by atoms with van der Waals surface area (Å²) >= 11 is 0. The van der Waals surface area contributed by atoms with E-state index in [1.807, 2.05) is 0 Å². The van der Waals surface area contributed by atoms with E-state index in [1.54, 1.807) is 44.9 Å². The van der Waals surface area contributed by atoms with Crippen LogP contribution < -0.4 is 0 Å². The molecule has 0 aliphatic heterocycles. The van der Waals surface area contributed by atoms with Crippen molar-refractivity contribution in [3.63, 3.8) is 0 Å². The summed E-state index contributed by atoms with van der Waals surface area (Å²) in [7, 11) is 0. The normalized spacial score (nSPS) is 47.5. The van der Waals surface area contributed by atoms with Crippen LogP contribution in [0.2, 0.25) is 0 Å². The van der Waals surface area contributed by atoms with E-state index in [4.69, 9.17) is 0 Å². The fraction of sp³-hybridized carbons (Fsp3) is 0.926. The average Bonchev–Trinajstić information content (AvgIpc) is 2.98. The molecule has 0 nitrogen and oxygen atoms in total. The van der Waals surface area contributed by atoms with Crippen molar-refractivity contribution in [3.05, 3.63) is 11.6 Å². The summed E-state index contributed by atoms with van der Waals surface area (Å²) in [5.41, 5.74) is 2.86. The van der Waals surface area contributed by atoms with Gasteiger partial charge in [-0.05, 0) is 124 Å². The molecule has 0 heteroatoms. The van der Waals surface area contributed by atoms with Crippen LogP contribution in [0.15, 0.2) is 11.6 Å². The summed E-state index contributed by atoms with van der Waals surface area (Å²) in [6, 6.07) is 0. The van der Waals surface area contributed by atoms with Gasteiger partial charge in [0.2, 0.25) is 0 Å². The molecule has 27 heavy (non-hydrogen) atoms. The zero-order chi connectivity index (χ0) is 19.2. The lowest BCUT2D eigenvalue weighted by Gasteiger charge is -2.61. The molecule has 0 N–H and O–H groups in total. The average molecular weight is 371 g/mol. The molecular formula is C27H46. The Morgan fingerprint density at radius 1 is 0.889 bits per heavy atom. The second-order valence-electron chi connectivity index (χ2n) is 12.0. The summed E-state index contributed by atoms with van der Waals surface area (Å²) in [5.74, 6) is 6.15. The van der Waals surface area contributed by atoms with Crippen molar-refractivity contribution in [1.29, 1.82) is 0 Å². The van der Waals surface area contributed by atoms with Crippen LogP contribution in [0, 0.1) is 46.3 Å². The van der Waals surface area contributed by atoms with Crippen LogP contribution >= 0.6 is 0 Å². The standard InChI is InChI=1S/C27H46/c1-19(2)9-8-10-20(3)23-14-15-24-22-13-12-21-11-6-7-17-26(21,4)25(22)16-18-27(23,24)5/h9,20-25H,6-8,10-18H2,1-5H3. The molecule has 0 aromatic rings. The molecule has 0 amide bonds. The summed E-state index contributed by atoms with van der Waals surface area (Å²) in [5, 5.41) is 0. The first kappa shape index (κ1) is 20.0. The summed E-state index contributed by atoms with van der Waals surface area (Å²) in [4.78, 5) is 0. The van der Waals surface area contributed by atoms with Crippen molar-refractivity contribution in [3.8, 4) is 0 Å². The van der Waals surface area contributed by atoms with E-state index in [9.17, 15) is 0 Å². The maximum absolute atomic E-state index is 2.73. The van der Waals surface area contributed by atoms with E-state index in [0.717, 1.165) is 35.5 Å². The van der Waals surface area contributed by atoms with Gasteiger partial charge in [-0.2, -0.15) is 0 Å². The van der Waals surface area contributed by atoms with Gasteiger partial charge in [0.25, 0.3) is 0 Å². The zero-order valence-electron chi connectivity index (χ0n) is 19.0. The van der Waals surface area contributed by atoms with E-state index in [1.165, 1.54) is 37.7 Å². The predicted octanol–water partition coefficient (Wildman–Crippen LogP) is 8.42. The van der Waals surface area contributed by atoms with E-state index >= 15 is 0 Å². The van der Waals surface area contributed by atoms with Crippen LogP contribution in [-0.2, 0) is 0 Å². The lowest BCUT2D eigenvalue weighted by Crippen LogP contribution is -2.53.